The zero-order chi connectivity index (χ0) is 28.5. The number of hydrogen-bond acceptors (Lipinski definition) is 6. The molecule has 0 radical (unpaired) electrons. The summed E-state index contributed by atoms with van der Waals surface area (Å²) in [5.74, 6) is -0.350. The lowest BCUT2D eigenvalue weighted by Crippen LogP contribution is -2.36. The van der Waals surface area contributed by atoms with Crippen molar-refractivity contribution in [3.8, 4) is 5.69 Å². The van der Waals surface area contributed by atoms with Crippen molar-refractivity contribution in [3.63, 3.8) is 0 Å². The van der Waals surface area contributed by atoms with Gasteiger partial charge in [0.2, 0.25) is 0 Å². The summed E-state index contributed by atoms with van der Waals surface area (Å²) in [6.45, 7) is 7.50. The molecule has 1 N–H and O–H groups in total. The van der Waals surface area contributed by atoms with E-state index in [-0.39, 0.29) is 18.1 Å². The van der Waals surface area contributed by atoms with Crippen LogP contribution in [0.25, 0.3) is 5.69 Å². The van der Waals surface area contributed by atoms with E-state index in [9.17, 15) is 4.79 Å². The maximum atomic E-state index is 12.0. The second kappa shape index (κ2) is 11.3. The lowest BCUT2D eigenvalue weighted by molar-refractivity contribution is 0.0600. The molecule has 4 aromatic rings. The van der Waals surface area contributed by atoms with Crippen LogP contribution in [0, 0.1) is 13.8 Å². The van der Waals surface area contributed by atoms with Crippen LogP contribution in [-0.4, -0.2) is 54.0 Å². The van der Waals surface area contributed by atoms with E-state index < -0.39 is 0 Å². The van der Waals surface area contributed by atoms with Gasteiger partial charge in [0.25, 0.3) is 0 Å². The Morgan fingerprint density at radius 1 is 0.976 bits per heavy atom. The molecule has 2 aliphatic heterocycles. The van der Waals surface area contributed by atoms with E-state index in [4.69, 9.17) is 26.7 Å². The number of pyridine rings is 1. The van der Waals surface area contributed by atoms with Crippen LogP contribution in [-0.2, 0) is 9.47 Å². The Labute approximate surface area is 245 Å². The largest absolute Gasteiger partial charge is 0.465 e. The number of nitrogens with one attached hydrogen (secondary N) is 1. The fraction of sp³-hybridized carbons (Fsp3) is 0.281. The van der Waals surface area contributed by atoms with E-state index in [0.717, 1.165) is 60.3 Å². The highest BCUT2D eigenvalue weighted by molar-refractivity contribution is 7.80. The van der Waals surface area contributed by atoms with Gasteiger partial charge in [-0.25, -0.2) is 4.79 Å². The van der Waals surface area contributed by atoms with Gasteiger partial charge < -0.3 is 29.2 Å². The second-order valence-electron chi connectivity index (χ2n) is 10.3. The fourth-order valence-electron chi connectivity index (χ4n) is 5.94. The molecule has 41 heavy (non-hydrogen) atoms. The number of ether oxygens (including phenoxy) is 2. The summed E-state index contributed by atoms with van der Waals surface area (Å²) in [6.07, 6.45) is 1.82. The van der Waals surface area contributed by atoms with Gasteiger partial charge in [-0.1, -0.05) is 6.07 Å². The highest BCUT2D eigenvalue weighted by Gasteiger charge is 2.42. The van der Waals surface area contributed by atoms with Crippen LogP contribution in [0.3, 0.4) is 0 Å². The molecule has 2 aromatic carbocycles. The monoisotopic (exact) mass is 567 g/mol. The number of esters is 1. The third-order valence-electron chi connectivity index (χ3n) is 7.94. The molecule has 2 atom stereocenters. The SMILES string of the molecule is COC(=O)c1ccc(-n2c(C)cc([C@H]3[C@@H](c4ccccn4)NC(=S)N3c3ccc(N4CCOCC4)cc3)c2C)cc1. The molecule has 9 heteroatoms. The Bertz CT molecular complexity index is 1550. The lowest BCUT2D eigenvalue weighted by atomic mass is 9.96. The molecule has 0 spiro atoms. The topological polar surface area (TPSA) is 71.9 Å². The summed E-state index contributed by atoms with van der Waals surface area (Å²) in [6, 6.07) is 24.1. The molecular weight excluding hydrogens is 534 g/mol. The Morgan fingerprint density at radius 2 is 1.66 bits per heavy atom. The summed E-state index contributed by atoms with van der Waals surface area (Å²) >= 11 is 5.97. The van der Waals surface area contributed by atoms with Crippen molar-refractivity contribution < 1.29 is 14.3 Å². The number of benzene rings is 2. The van der Waals surface area contributed by atoms with Crippen LogP contribution in [0.4, 0.5) is 11.4 Å². The minimum Gasteiger partial charge on any atom is -0.465 e. The zero-order valence-electron chi connectivity index (χ0n) is 23.4. The number of morpholine rings is 1. The maximum Gasteiger partial charge on any atom is 0.337 e. The average Bonchev–Trinajstić information content (AvgIpc) is 3.52. The standard InChI is InChI=1S/C32H33N5O3S/c1-21-20-27(22(2)36(21)25-9-7-23(8-10-25)31(38)39-3)30-29(28-6-4-5-15-33-28)34-32(41)37(30)26-13-11-24(12-14-26)35-16-18-40-19-17-35/h4-15,20,29-30H,16-19H2,1-3H3,(H,34,41)/t29-,30+/m1/s1. The van der Waals surface area contributed by atoms with E-state index in [2.05, 4.69) is 63.9 Å². The number of nitrogens with zero attached hydrogens (tertiary/aromatic N) is 4. The molecule has 6 rings (SSSR count). The number of methoxy groups -OCH3 is 1. The first-order chi connectivity index (χ1) is 20.0. The summed E-state index contributed by atoms with van der Waals surface area (Å²) in [7, 11) is 1.39. The van der Waals surface area contributed by atoms with Gasteiger partial charge in [-0.05, 0) is 98.4 Å². The van der Waals surface area contributed by atoms with Crippen LogP contribution in [0.5, 0.6) is 0 Å². The van der Waals surface area contributed by atoms with Gasteiger partial charge in [-0.3, -0.25) is 4.98 Å². The predicted molar refractivity (Wildman–Crippen MR) is 164 cm³/mol. The Kier molecular flexibility index (Phi) is 7.47. The normalized spacial score (nSPS) is 18.9. The smallest absolute Gasteiger partial charge is 0.337 e. The Hall–Kier alpha value is -4.21. The van der Waals surface area contributed by atoms with Crippen LogP contribution in [0.2, 0.25) is 0 Å². The maximum absolute atomic E-state index is 12.0. The van der Waals surface area contributed by atoms with Crippen molar-refractivity contribution in [2.24, 2.45) is 0 Å². The molecule has 2 aliphatic rings. The minimum atomic E-state index is -0.350. The molecule has 0 aliphatic carbocycles. The summed E-state index contributed by atoms with van der Waals surface area (Å²) in [5, 5.41) is 4.24. The van der Waals surface area contributed by atoms with Gasteiger partial charge in [-0.2, -0.15) is 0 Å². The van der Waals surface area contributed by atoms with E-state index in [0.29, 0.717) is 10.7 Å². The first-order valence-corrected chi connectivity index (χ1v) is 14.2. The van der Waals surface area contributed by atoms with Crippen molar-refractivity contribution in [2.45, 2.75) is 25.9 Å². The molecule has 2 aromatic heterocycles. The van der Waals surface area contributed by atoms with Gasteiger partial charge in [0.05, 0.1) is 43.7 Å². The van der Waals surface area contributed by atoms with Crippen molar-refractivity contribution in [2.75, 3.05) is 43.2 Å². The number of carbonyl (C=O) groups excluding carboxylic acids is 1. The molecule has 0 saturated carbocycles. The molecule has 210 valence electrons. The van der Waals surface area contributed by atoms with Crippen molar-refractivity contribution in [1.82, 2.24) is 14.9 Å². The number of hydrogen-bond donors (Lipinski definition) is 1. The number of rotatable bonds is 6. The van der Waals surface area contributed by atoms with E-state index in [1.807, 2.05) is 36.5 Å². The molecule has 8 nitrogen and oxygen atoms in total. The fourth-order valence-corrected chi connectivity index (χ4v) is 6.29. The summed E-state index contributed by atoms with van der Waals surface area (Å²) in [4.78, 5) is 21.3. The summed E-state index contributed by atoms with van der Waals surface area (Å²) < 4.78 is 12.6. The van der Waals surface area contributed by atoms with E-state index in [1.54, 1.807) is 12.1 Å². The Balaban J connectivity index is 1.41. The van der Waals surface area contributed by atoms with Gasteiger partial charge in [0.15, 0.2) is 5.11 Å². The number of carbonyl (C=O) groups is 1. The van der Waals surface area contributed by atoms with E-state index >= 15 is 0 Å². The highest BCUT2D eigenvalue weighted by atomic mass is 32.1. The van der Waals surface area contributed by atoms with Crippen molar-refractivity contribution in [1.29, 1.82) is 0 Å². The highest BCUT2D eigenvalue weighted by Crippen LogP contribution is 2.44. The number of thiocarbonyl (C=S) groups is 1. The quantitative estimate of drug-likeness (QED) is 0.249. The molecule has 0 amide bonds. The predicted octanol–water partition coefficient (Wildman–Crippen LogP) is 5.29. The number of aryl methyl sites for hydroxylation is 1. The minimum absolute atomic E-state index is 0.124. The molecular formula is C32H33N5O3S. The van der Waals surface area contributed by atoms with E-state index in [1.165, 1.54) is 12.8 Å². The van der Waals surface area contributed by atoms with Crippen LogP contribution < -0.4 is 15.1 Å². The van der Waals surface area contributed by atoms with Gasteiger partial charge in [-0.15, -0.1) is 0 Å². The Morgan fingerprint density at radius 3 is 2.32 bits per heavy atom. The van der Waals surface area contributed by atoms with Crippen LogP contribution >= 0.6 is 12.2 Å². The van der Waals surface area contributed by atoms with Gasteiger partial charge >= 0.3 is 5.97 Å². The van der Waals surface area contributed by atoms with Crippen LogP contribution in [0.15, 0.2) is 79.0 Å². The number of anilines is 2. The third-order valence-corrected chi connectivity index (χ3v) is 8.25. The molecule has 4 heterocycles. The molecule has 2 saturated heterocycles. The van der Waals surface area contributed by atoms with Gasteiger partial charge in [0, 0.05) is 47.7 Å². The summed E-state index contributed by atoms with van der Waals surface area (Å²) in [5.41, 5.74) is 7.97. The molecule has 2 fully saturated rings. The van der Waals surface area contributed by atoms with Crippen molar-refractivity contribution >= 4 is 34.7 Å². The molecule has 0 unspecified atom stereocenters. The van der Waals surface area contributed by atoms with Crippen LogP contribution in [0.1, 0.15) is 45.1 Å². The van der Waals surface area contributed by atoms with Gasteiger partial charge in [0.1, 0.15) is 0 Å². The third kappa shape index (κ3) is 5.07. The lowest BCUT2D eigenvalue weighted by Gasteiger charge is -2.31. The van der Waals surface area contributed by atoms with Crippen molar-refractivity contribution in [3.05, 3.63) is 107 Å². The molecule has 0 bridgehead atoms. The zero-order valence-corrected chi connectivity index (χ0v) is 24.2. The number of aromatic nitrogens is 2. The average molecular weight is 568 g/mol. The second-order valence-corrected chi connectivity index (χ2v) is 10.7. The first kappa shape index (κ1) is 27.0. The first-order valence-electron chi connectivity index (χ1n) is 13.8.